The maximum atomic E-state index is 5.98. The molecule has 3 aromatic rings. The minimum atomic E-state index is 0.379. The molecule has 2 heterocycles. The van der Waals surface area contributed by atoms with Gasteiger partial charge in [0.25, 0.3) is 6.01 Å². The lowest BCUT2D eigenvalue weighted by molar-refractivity contribution is 0.267. The van der Waals surface area contributed by atoms with Crippen LogP contribution in [-0.4, -0.2) is 35.6 Å². The molecular weight excluding hydrogens is 298 g/mol. The SMILES string of the molecule is CC1CN(Cc2ccccc2)CCCN1c1nc2ccccc2o1. The fourth-order valence-corrected chi connectivity index (χ4v) is 3.50. The number of para-hydroxylation sites is 2. The van der Waals surface area contributed by atoms with Crippen molar-refractivity contribution >= 4 is 17.1 Å². The molecule has 2 aromatic carbocycles. The van der Waals surface area contributed by atoms with E-state index >= 15 is 0 Å². The Kier molecular flexibility index (Phi) is 4.22. The van der Waals surface area contributed by atoms with Crippen LogP contribution < -0.4 is 4.90 Å². The number of hydrogen-bond acceptors (Lipinski definition) is 4. The summed E-state index contributed by atoms with van der Waals surface area (Å²) < 4.78 is 5.98. The van der Waals surface area contributed by atoms with Crippen LogP contribution in [0.4, 0.5) is 6.01 Å². The smallest absolute Gasteiger partial charge is 0.298 e. The van der Waals surface area contributed by atoms with Crippen LogP contribution in [0.1, 0.15) is 18.9 Å². The van der Waals surface area contributed by atoms with Gasteiger partial charge in [-0.05, 0) is 31.0 Å². The summed E-state index contributed by atoms with van der Waals surface area (Å²) in [4.78, 5) is 9.52. The maximum absolute atomic E-state index is 5.98. The number of benzene rings is 2. The van der Waals surface area contributed by atoms with Crippen molar-refractivity contribution in [1.82, 2.24) is 9.88 Å². The Bertz CT molecular complexity index is 766. The van der Waals surface area contributed by atoms with E-state index in [-0.39, 0.29) is 0 Å². The summed E-state index contributed by atoms with van der Waals surface area (Å²) >= 11 is 0. The molecule has 0 aliphatic carbocycles. The number of nitrogens with zero attached hydrogens (tertiary/aromatic N) is 3. The van der Waals surface area contributed by atoms with Crippen molar-refractivity contribution in [3.05, 3.63) is 60.2 Å². The molecule has 4 rings (SSSR count). The molecule has 1 unspecified atom stereocenters. The normalized spacial score (nSPS) is 19.5. The topological polar surface area (TPSA) is 32.5 Å². The zero-order chi connectivity index (χ0) is 16.4. The van der Waals surface area contributed by atoms with Crippen molar-refractivity contribution in [2.24, 2.45) is 0 Å². The van der Waals surface area contributed by atoms with E-state index in [4.69, 9.17) is 4.42 Å². The van der Waals surface area contributed by atoms with Crippen LogP contribution in [0.25, 0.3) is 11.1 Å². The van der Waals surface area contributed by atoms with Crippen molar-refractivity contribution in [1.29, 1.82) is 0 Å². The number of oxazole rings is 1. The van der Waals surface area contributed by atoms with Gasteiger partial charge in [-0.1, -0.05) is 42.5 Å². The Morgan fingerprint density at radius 3 is 2.67 bits per heavy atom. The summed E-state index contributed by atoms with van der Waals surface area (Å²) in [6, 6.07) is 19.8. The molecule has 4 nitrogen and oxygen atoms in total. The van der Waals surface area contributed by atoms with Crippen molar-refractivity contribution in [2.75, 3.05) is 24.5 Å². The van der Waals surface area contributed by atoms with Crippen LogP contribution >= 0.6 is 0 Å². The minimum Gasteiger partial charge on any atom is -0.423 e. The molecular formula is C20H23N3O. The Morgan fingerprint density at radius 1 is 1.04 bits per heavy atom. The lowest BCUT2D eigenvalue weighted by Crippen LogP contribution is -2.39. The summed E-state index contributed by atoms with van der Waals surface area (Å²) in [7, 11) is 0. The molecule has 0 N–H and O–H groups in total. The van der Waals surface area contributed by atoms with E-state index in [1.807, 2.05) is 24.3 Å². The summed E-state index contributed by atoms with van der Waals surface area (Å²) in [6.07, 6.45) is 1.12. The van der Waals surface area contributed by atoms with Crippen LogP contribution in [0.15, 0.2) is 59.0 Å². The van der Waals surface area contributed by atoms with Gasteiger partial charge in [-0.2, -0.15) is 4.98 Å². The van der Waals surface area contributed by atoms with Gasteiger partial charge in [0.2, 0.25) is 0 Å². The summed E-state index contributed by atoms with van der Waals surface area (Å²) in [5.74, 6) is 0. The lowest BCUT2D eigenvalue weighted by atomic mass is 10.2. The van der Waals surface area contributed by atoms with Crippen molar-refractivity contribution in [2.45, 2.75) is 25.9 Å². The maximum Gasteiger partial charge on any atom is 0.298 e. The van der Waals surface area contributed by atoms with Gasteiger partial charge in [-0.3, -0.25) is 4.90 Å². The lowest BCUT2D eigenvalue weighted by Gasteiger charge is -2.27. The molecule has 0 spiro atoms. The molecule has 1 fully saturated rings. The second-order valence-electron chi connectivity index (χ2n) is 6.58. The zero-order valence-corrected chi connectivity index (χ0v) is 14.1. The molecule has 0 bridgehead atoms. The Labute approximate surface area is 142 Å². The standard InChI is InChI=1S/C20H23N3O/c1-16-14-22(15-17-8-3-2-4-9-17)12-7-13-23(16)20-21-18-10-5-6-11-19(18)24-20/h2-6,8-11,16H,7,12-15H2,1H3. The first-order chi connectivity index (χ1) is 11.8. The summed E-state index contributed by atoms with van der Waals surface area (Å²) in [5, 5.41) is 0. The Morgan fingerprint density at radius 2 is 1.83 bits per heavy atom. The highest BCUT2D eigenvalue weighted by atomic mass is 16.4. The predicted octanol–water partition coefficient (Wildman–Crippen LogP) is 3.93. The van der Waals surface area contributed by atoms with Crippen LogP contribution in [0.2, 0.25) is 0 Å². The molecule has 1 aromatic heterocycles. The van der Waals surface area contributed by atoms with Crippen LogP contribution in [0.3, 0.4) is 0 Å². The van der Waals surface area contributed by atoms with Gasteiger partial charge in [-0.25, -0.2) is 0 Å². The van der Waals surface area contributed by atoms with Gasteiger partial charge < -0.3 is 9.32 Å². The third-order valence-electron chi connectivity index (χ3n) is 4.71. The molecule has 4 heteroatoms. The Balaban J connectivity index is 1.50. The van der Waals surface area contributed by atoms with E-state index in [1.54, 1.807) is 0 Å². The molecule has 0 amide bonds. The van der Waals surface area contributed by atoms with Gasteiger partial charge in [0, 0.05) is 32.2 Å². The number of aromatic nitrogens is 1. The van der Waals surface area contributed by atoms with E-state index in [0.29, 0.717) is 6.04 Å². The van der Waals surface area contributed by atoms with Crippen molar-refractivity contribution in [3.63, 3.8) is 0 Å². The summed E-state index contributed by atoms with van der Waals surface area (Å²) in [5.41, 5.74) is 3.18. The second-order valence-corrected chi connectivity index (χ2v) is 6.58. The van der Waals surface area contributed by atoms with E-state index in [9.17, 15) is 0 Å². The number of anilines is 1. The third kappa shape index (κ3) is 3.15. The average molecular weight is 321 g/mol. The van der Waals surface area contributed by atoms with Gasteiger partial charge >= 0.3 is 0 Å². The number of fused-ring (bicyclic) bond motifs is 1. The first-order valence-electron chi connectivity index (χ1n) is 8.68. The van der Waals surface area contributed by atoms with E-state index in [1.165, 1.54) is 5.56 Å². The van der Waals surface area contributed by atoms with Crippen molar-refractivity contribution < 1.29 is 4.42 Å². The molecule has 24 heavy (non-hydrogen) atoms. The first kappa shape index (κ1) is 15.2. The first-order valence-corrected chi connectivity index (χ1v) is 8.68. The fourth-order valence-electron chi connectivity index (χ4n) is 3.50. The molecule has 0 saturated carbocycles. The minimum absolute atomic E-state index is 0.379. The van der Waals surface area contributed by atoms with Gasteiger partial charge in [0.05, 0.1) is 0 Å². The van der Waals surface area contributed by atoms with Crippen LogP contribution in [0.5, 0.6) is 0 Å². The molecule has 124 valence electrons. The third-order valence-corrected chi connectivity index (χ3v) is 4.71. The molecule has 0 radical (unpaired) electrons. The highest BCUT2D eigenvalue weighted by Crippen LogP contribution is 2.25. The molecule has 1 aliphatic heterocycles. The van der Waals surface area contributed by atoms with Gasteiger partial charge in [0.15, 0.2) is 5.58 Å². The number of hydrogen-bond donors (Lipinski definition) is 0. The molecule has 1 atom stereocenters. The largest absolute Gasteiger partial charge is 0.423 e. The Hall–Kier alpha value is -2.33. The second kappa shape index (κ2) is 6.65. The van der Waals surface area contributed by atoms with E-state index < -0.39 is 0 Å². The molecule has 1 saturated heterocycles. The quantitative estimate of drug-likeness (QED) is 0.732. The zero-order valence-electron chi connectivity index (χ0n) is 14.1. The molecule has 1 aliphatic rings. The van der Waals surface area contributed by atoms with E-state index in [0.717, 1.165) is 49.7 Å². The van der Waals surface area contributed by atoms with Crippen molar-refractivity contribution in [3.8, 4) is 0 Å². The van der Waals surface area contributed by atoms with E-state index in [2.05, 4.69) is 52.0 Å². The average Bonchev–Trinajstić information content (AvgIpc) is 2.94. The highest BCUT2D eigenvalue weighted by Gasteiger charge is 2.25. The van der Waals surface area contributed by atoms with Gasteiger partial charge in [0.1, 0.15) is 5.52 Å². The predicted molar refractivity (Wildman–Crippen MR) is 97.2 cm³/mol. The van der Waals surface area contributed by atoms with Crippen LogP contribution in [0, 0.1) is 0 Å². The summed E-state index contributed by atoms with van der Waals surface area (Å²) in [6.45, 7) is 6.38. The van der Waals surface area contributed by atoms with Gasteiger partial charge in [-0.15, -0.1) is 0 Å². The highest BCUT2D eigenvalue weighted by molar-refractivity contribution is 5.74. The van der Waals surface area contributed by atoms with Crippen LogP contribution in [-0.2, 0) is 6.54 Å². The monoisotopic (exact) mass is 321 g/mol. The fraction of sp³-hybridized carbons (Fsp3) is 0.350. The number of rotatable bonds is 3.